The first kappa shape index (κ1) is 9.78. The lowest BCUT2D eigenvalue weighted by atomic mass is 10.5. The molecule has 0 spiro atoms. The number of carboxylic acid groups (broad SMARTS) is 1. The summed E-state index contributed by atoms with van der Waals surface area (Å²) in [6.45, 7) is 2.61. The van der Waals surface area contributed by atoms with Gasteiger partial charge in [-0.25, -0.2) is 0 Å². The van der Waals surface area contributed by atoms with Gasteiger partial charge in [-0.05, 0) is 0 Å². The van der Waals surface area contributed by atoms with Crippen molar-refractivity contribution in [3.63, 3.8) is 0 Å². The second-order valence-corrected chi connectivity index (χ2v) is 3.61. The van der Waals surface area contributed by atoms with Gasteiger partial charge < -0.3 is 10.8 Å². The van der Waals surface area contributed by atoms with Gasteiger partial charge in [0.2, 0.25) is 0 Å². The third kappa shape index (κ3) is 5.91. The molecule has 0 aliphatic rings. The molecule has 0 bridgehead atoms. The van der Waals surface area contributed by atoms with Gasteiger partial charge in [-0.2, -0.15) is 11.8 Å². The van der Waals surface area contributed by atoms with Crippen LogP contribution in [0.15, 0.2) is 0 Å². The first-order chi connectivity index (χ1) is 4.66. The Morgan fingerprint density at radius 1 is 1.80 bits per heavy atom. The number of carboxylic acids is 1. The van der Waals surface area contributed by atoms with Crippen molar-refractivity contribution in [2.45, 2.75) is 18.6 Å². The highest BCUT2D eigenvalue weighted by atomic mass is 32.2. The van der Waals surface area contributed by atoms with Crippen LogP contribution in [0.1, 0.15) is 13.3 Å². The number of rotatable bonds is 5. The lowest BCUT2D eigenvalue weighted by Gasteiger charge is -2.04. The molecule has 0 aromatic heterocycles. The Labute approximate surface area is 65.0 Å². The van der Waals surface area contributed by atoms with Gasteiger partial charge in [0.15, 0.2) is 0 Å². The quantitative estimate of drug-likeness (QED) is 0.621. The maximum absolute atomic E-state index is 10.0. The number of carbonyl (C=O) groups is 1. The summed E-state index contributed by atoms with van der Waals surface area (Å²) in [5.41, 5.74) is 5.32. The zero-order chi connectivity index (χ0) is 7.98. The number of aliphatic carboxylic acids is 1. The molecule has 1 unspecified atom stereocenters. The molecule has 0 aromatic rings. The van der Waals surface area contributed by atoms with E-state index in [0.717, 1.165) is 0 Å². The van der Waals surface area contributed by atoms with Crippen LogP contribution in [0.25, 0.3) is 0 Å². The van der Waals surface area contributed by atoms with E-state index in [1.807, 2.05) is 6.92 Å². The Morgan fingerprint density at radius 2 is 2.40 bits per heavy atom. The summed E-state index contributed by atoms with van der Waals surface area (Å²) in [7, 11) is 0. The van der Waals surface area contributed by atoms with Crippen LogP contribution in [0.5, 0.6) is 0 Å². The minimum Gasteiger partial charge on any atom is -0.481 e. The van der Waals surface area contributed by atoms with E-state index in [9.17, 15) is 4.79 Å². The van der Waals surface area contributed by atoms with Gasteiger partial charge in [0.25, 0.3) is 0 Å². The summed E-state index contributed by atoms with van der Waals surface area (Å²) in [5, 5.41) is 8.63. The summed E-state index contributed by atoms with van der Waals surface area (Å²) in [4.78, 5) is 10.0. The molecule has 60 valence electrons. The number of hydrogen-bond donors (Lipinski definition) is 2. The third-order valence-corrected chi connectivity index (χ3v) is 2.25. The van der Waals surface area contributed by atoms with E-state index in [2.05, 4.69) is 0 Å². The van der Waals surface area contributed by atoms with E-state index < -0.39 is 5.97 Å². The van der Waals surface area contributed by atoms with Crippen molar-refractivity contribution in [3.8, 4) is 0 Å². The number of nitrogens with two attached hydrogens (primary N) is 1. The topological polar surface area (TPSA) is 63.3 Å². The molecular weight excluding hydrogens is 150 g/mol. The smallest absolute Gasteiger partial charge is 0.304 e. The van der Waals surface area contributed by atoms with Crippen molar-refractivity contribution < 1.29 is 9.90 Å². The lowest BCUT2D eigenvalue weighted by Crippen LogP contribution is -2.13. The van der Waals surface area contributed by atoms with E-state index >= 15 is 0 Å². The highest BCUT2D eigenvalue weighted by Crippen LogP contribution is 2.09. The van der Waals surface area contributed by atoms with Crippen molar-refractivity contribution in [1.29, 1.82) is 0 Å². The molecule has 0 amide bonds. The van der Waals surface area contributed by atoms with Crippen LogP contribution in [-0.2, 0) is 4.79 Å². The molecule has 3 nitrogen and oxygen atoms in total. The molecule has 0 heterocycles. The molecule has 0 radical (unpaired) electrons. The summed E-state index contributed by atoms with van der Waals surface area (Å²) >= 11 is 1.60. The van der Waals surface area contributed by atoms with Crippen molar-refractivity contribution in [3.05, 3.63) is 0 Å². The molecule has 10 heavy (non-hydrogen) atoms. The second kappa shape index (κ2) is 5.56. The Hall–Kier alpha value is -0.220. The molecule has 0 aliphatic carbocycles. The Balaban J connectivity index is 3.11. The minimum absolute atomic E-state index is 0.231. The van der Waals surface area contributed by atoms with Crippen LogP contribution in [0.3, 0.4) is 0 Å². The second-order valence-electron chi connectivity index (χ2n) is 2.06. The fourth-order valence-electron chi connectivity index (χ4n) is 0.415. The van der Waals surface area contributed by atoms with Gasteiger partial charge in [-0.3, -0.25) is 4.79 Å². The van der Waals surface area contributed by atoms with Crippen LogP contribution in [0.4, 0.5) is 0 Å². The van der Waals surface area contributed by atoms with E-state index in [1.54, 1.807) is 11.8 Å². The van der Waals surface area contributed by atoms with Gasteiger partial charge >= 0.3 is 5.97 Å². The Bertz CT molecular complexity index is 108. The van der Waals surface area contributed by atoms with Gasteiger partial charge in [0, 0.05) is 17.5 Å². The molecule has 0 saturated heterocycles. The predicted octanol–water partition coefficient (Wildman–Crippen LogP) is 0.542. The summed E-state index contributed by atoms with van der Waals surface area (Å²) < 4.78 is 0. The Kier molecular flexibility index (Phi) is 5.43. The van der Waals surface area contributed by atoms with E-state index in [1.165, 1.54) is 0 Å². The maximum atomic E-state index is 10.0. The average molecular weight is 163 g/mol. The van der Waals surface area contributed by atoms with Gasteiger partial charge in [-0.15, -0.1) is 0 Å². The standard InChI is InChI=1S/C6H13NO2S/c1-5(4-7)10-3-2-6(8)9/h5H,2-4,7H2,1H3,(H,8,9). The lowest BCUT2D eigenvalue weighted by molar-refractivity contribution is -0.136. The fourth-order valence-corrected chi connectivity index (χ4v) is 1.25. The minimum atomic E-state index is -0.739. The van der Waals surface area contributed by atoms with E-state index in [4.69, 9.17) is 10.8 Å². The van der Waals surface area contributed by atoms with Gasteiger partial charge in [-0.1, -0.05) is 6.92 Å². The van der Waals surface area contributed by atoms with Crippen molar-refractivity contribution in [2.75, 3.05) is 12.3 Å². The molecular formula is C6H13NO2S. The van der Waals surface area contributed by atoms with Crippen LogP contribution >= 0.6 is 11.8 Å². The molecule has 0 aromatic carbocycles. The van der Waals surface area contributed by atoms with Crippen molar-refractivity contribution in [1.82, 2.24) is 0 Å². The largest absolute Gasteiger partial charge is 0.481 e. The summed E-state index contributed by atoms with van der Waals surface area (Å²) in [5.74, 6) is -0.0787. The van der Waals surface area contributed by atoms with E-state index in [0.29, 0.717) is 17.5 Å². The van der Waals surface area contributed by atoms with E-state index in [-0.39, 0.29) is 6.42 Å². The first-order valence-corrected chi connectivity index (χ1v) is 4.25. The highest BCUT2D eigenvalue weighted by Gasteiger charge is 2.01. The molecule has 4 heteroatoms. The van der Waals surface area contributed by atoms with Crippen LogP contribution in [0, 0.1) is 0 Å². The average Bonchev–Trinajstić information content (AvgIpc) is 1.87. The first-order valence-electron chi connectivity index (χ1n) is 3.20. The van der Waals surface area contributed by atoms with Gasteiger partial charge in [0.05, 0.1) is 6.42 Å². The highest BCUT2D eigenvalue weighted by molar-refractivity contribution is 7.99. The molecule has 3 N–H and O–H groups in total. The number of hydrogen-bond acceptors (Lipinski definition) is 3. The predicted molar refractivity (Wildman–Crippen MR) is 43.2 cm³/mol. The molecule has 1 atom stereocenters. The molecule has 0 aliphatic heterocycles. The van der Waals surface area contributed by atoms with Crippen LogP contribution in [-0.4, -0.2) is 28.6 Å². The normalized spacial score (nSPS) is 13.0. The third-order valence-electron chi connectivity index (χ3n) is 1.05. The summed E-state index contributed by atoms with van der Waals surface area (Å²) in [6.07, 6.45) is 0.231. The molecule has 0 fully saturated rings. The van der Waals surface area contributed by atoms with Crippen LogP contribution < -0.4 is 5.73 Å². The Morgan fingerprint density at radius 3 is 2.80 bits per heavy atom. The zero-order valence-electron chi connectivity index (χ0n) is 6.04. The summed E-state index contributed by atoms with van der Waals surface area (Å²) in [6, 6.07) is 0. The molecule has 0 saturated carbocycles. The molecule has 0 rings (SSSR count). The zero-order valence-corrected chi connectivity index (χ0v) is 6.86. The fraction of sp³-hybridized carbons (Fsp3) is 0.833. The van der Waals surface area contributed by atoms with Crippen LogP contribution in [0.2, 0.25) is 0 Å². The number of thioether (sulfide) groups is 1. The van der Waals surface area contributed by atoms with Crippen molar-refractivity contribution >= 4 is 17.7 Å². The SMILES string of the molecule is CC(CN)SCCC(=O)O. The van der Waals surface area contributed by atoms with Crippen molar-refractivity contribution in [2.24, 2.45) is 5.73 Å². The maximum Gasteiger partial charge on any atom is 0.304 e. The monoisotopic (exact) mass is 163 g/mol. The van der Waals surface area contributed by atoms with Gasteiger partial charge in [0.1, 0.15) is 0 Å².